The number of nitrogens with zero attached hydrogens (tertiary/aromatic N) is 3. The van der Waals surface area contributed by atoms with Gasteiger partial charge in [-0.2, -0.15) is 31.0 Å². The second-order valence-electron chi connectivity index (χ2n) is 10.5. The number of benzene rings is 4. The quantitative estimate of drug-likeness (QED) is 0.174. The summed E-state index contributed by atoms with van der Waals surface area (Å²) < 4.78 is 97.7. The molecule has 0 bridgehead atoms. The summed E-state index contributed by atoms with van der Waals surface area (Å²) in [6.07, 6.45) is -8.62. The molecule has 0 fully saturated rings. The van der Waals surface area contributed by atoms with Gasteiger partial charge in [-0.1, -0.05) is 42.5 Å². The van der Waals surface area contributed by atoms with Crippen LogP contribution in [0.4, 0.5) is 30.7 Å². The van der Waals surface area contributed by atoms with Crippen molar-refractivity contribution in [1.29, 1.82) is 0 Å². The van der Waals surface area contributed by atoms with Crippen molar-refractivity contribution in [2.75, 3.05) is 0 Å². The molecule has 0 aliphatic heterocycles. The van der Waals surface area contributed by atoms with Crippen molar-refractivity contribution in [3.63, 3.8) is 0 Å². The Labute approximate surface area is 257 Å². The molecule has 1 N–H and O–H groups in total. The van der Waals surface area contributed by atoms with Crippen molar-refractivity contribution in [3.8, 4) is 22.5 Å². The number of carboxylic acid groups (broad SMARTS) is 1. The number of aryl methyl sites for hydroxylation is 3. The number of carbonyl (C=O) groups is 1. The zero-order valence-corrected chi connectivity index (χ0v) is 24.0. The van der Waals surface area contributed by atoms with Crippen LogP contribution in [-0.4, -0.2) is 25.4 Å². The summed E-state index contributed by atoms with van der Waals surface area (Å²) in [7, 11) is 0. The van der Waals surface area contributed by atoms with Gasteiger partial charge in [0.2, 0.25) is 0 Å². The van der Waals surface area contributed by atoms with E-state index in [2.05, 4.69) is 5.10 Å². The highest BCUT2D eigenvalue weighted by Crippen LogP contribution is 2.40. The molecule has 5 rings (SSSR count). The maximum atomic E-state index is 14.8. The predicted molar refractivity (Wildman–Crippen MR) is 155 cm³/mol. The highest BCUT2D eigenvalue weighted by atomic mass is 19.4. The lowest BCUT2D eigenvalue weighted by Crippen LogP contribution is -2.24. The van der Waals surface area contributed by atoms with E-state index >= 15 is 0 Å². The molecule has 0 atom stereocenters. The smallest absolute Gasteiger partial charge is 0.417 e. The maximum absolute atomic E-state index is 14.8. The monoisotopic (exact) mass is 643 g/mol. The lowest BCUT2D eigenvalue weighted by molar-refractivity contribution is -0.138. The van der Waals surface area contributed by atoms with E-state index in [0.29, 0.717) is 18.4 Å². The van der Waals surface area contributed by atoms with Gasteiger partial charge in [-0.15, -0.1) is 5.10 Å². The van der Waals surface area contributed by atoms with Crippen molar-refractivity contribution in [2.24, 2.45) is 0 Å². The SMILES string of the molecule is Cc1cc(CCCc2nn(-c3ccc(C(F)(F)F)cc3)c(=O)n2-c2ccccc2F)ccc1-c1cccc(C(=O)O)c1C(F)(F)F. The average molecular weight is 644 g/mol. The lowest BCUT2D eigenvalue weighted by atomic mass is 9.91. The lowest BCUT2D eigenvalue weighted by Gasteiger charge is -2.17. The standard InChI is InChI=1S/C33H24F7N3O3/c1-19-18-20(12-17-23(19)24-7-5-8-25(30(44)45)29(24)33(38,39)40)6-4-11-28-41-43(22-15-13-21(14-16-22)32(35,36)37)31(46)42(28)27-10-3-2-9-26(27)34/h2-3,5,7-10,12-18H,4,6,11H2,1H3,(H,44,45). The molecule has 0 unspecified atom stereocenters. The Morgan fingerprint density at radius 1 is 0.826 bits per heavy atom. The summed E-state index contributed by atoms with van der Waals surface area (Å²) >= 11 is 0. The largest absolute Gasteiger partial charge is 0.478 e. The minimum Gasteiger partial charge on any atom is -0.478 e. The molecule has 0 saturated carbocycles. The van der Waals surface area contributed by atoms with Crippen LogP contribution in [0.5, 0.6) is 0 Å². The van der Waals surface area contributed by atoms with Gasteiger partial charge in [0, 0.05) is 6.42 Å². The van der Waals surface area contributed by atoms with Gasteiger partial charge in [0.05, 0.1) is 28.1 Å². The number of carboxylic acids is 1. The van der Waals surface area contributed by atoms with Crippen molar-refractivity contribution >= 4 is 5.97 Å². The first-order valence-corrected chi connectivity index (χ1v) is 13.8. The van der Waals surface area contributed by atoms with Crippen LogP contribution in [0.1, 0.15) is 44.9 Å². The Morgan fingerprint density at radius 3 is 2.13 bits per heavy atom. The average Bonchev–Trinajstić information content (AvgIpc) is 3.31. The predicted octanol–water partition coefficient (Wildman–Crippen LogP) is 8.05. The molecule has 0 spiro atoms. The Hall–Kier alpha value is -5.20. The first-order valence-electron chi connectivity index (χ1n) is 13.8. The van der Waals surface area contributed by atoms with Crippen LogP contribution in [0.25, 0.3) is 22.5 Å². The van der Waals surface area contributed by atoms with Crippen LogP contribution < -0.4 is 5.69 Å². The van der Waals surface area contributed by atoms with Crippen LogP contribution >= 0.6 is 0 Å². The van der Waals surface area contributed by atoms with Gasteiger partial charge >= 0.3 is 24.0 Å². The maximum Gasteiger partial charge on any atom is 0.417 e. The molecule has 0 saturated heterocycles. The fourth-order valence-electron chi connectivity index (χ4n) is 5.30. The van der Waals surface area contributed by atoms with Crippen LogP contribution in [0.3, 0.4) is 0 Å². The summed E-state index contributed by atoms with van der Waals surface area (Å²) in [5.41, 5.74) is -2.70. The van der Waals surface area contributed by atoms with Gasteiger partial charge < -0.3 is 5.11 Å². The van der Waals surface area contributed by atoms with E-state index in [1.54, 1.807) is 19.1 Å². The minimum absolute atomic E-state index is 0.0470. The third kappa shape index (κ3) is 6.44. The Bertz CT molecular complexity index is 1970. The Balaban J connectivity index is 1.44. The second-order valence-corrected chi connectivity index (χ2v) is 10.5. The van der Waals surface area contributed by atoms with E-state index in [4.69, 9.17) is 0 Å². The van der Waals surface area contributed by atoms with Crippen LogP contribution in [0.2, 0.25) is 0 Å². The molecule has 13 heteroatoms. The van der Waals surface area contributed by atoms with Crippen LogP contribution in [0, 0.1) is 12.7 Å². The van der Waals surface area contributed by atoms with Gasteiger partial charge in [-0.3, -0.25) is 0 Å². The number of alkyl halides is 6. The number of aromatic nitrogens is 3. The van der Waals surface area contributed by atoms with Crippen molar-refractivity contribution in [3.05, 3.63) is 135 Å². The third-order valence-electron chi connectivity index (χ3n) is 7.40. The van der Waals surface area contributed by atoms with E-state index in [9.17, 15) is 45.4 Å². The molecule has 0 aliphatic rings. The molecule has 238 valence electrons. The Kier molecular flexibility index (Phi) is 8.61. The van der Waals surface area contributed by atoms with E-state index < -0.39 is 46.5 Å². The number of halogens is 7. The van der Waals surface area contributed by atoms with Crippen LogP contribution in [-0.2, 0) is 25.2 Å². The first kappa shape index (κ1) is 32.2. The number of rotatable bonds is 8. The molecule has 4 aromatic carbocycles. The van der Waals surface area contributed by atoms with Crippen molar-refractivity contribution in [1.82, 2.24) is 14.3 Å². The fraction of sp³-hybridized carbons (Fsp3) is 0.182. The highest BCUT2D eigenvalue weighted by Gasteiger charge is 2.38. The van der Waals surface area contributed by atoms with E-state index in [-0.39, 0.29) is 34.7 Å². The number of para-hydroxylation sites is 1. The summed E-state index contributed by atoms with van der Waals surface area (Å²) in [5, 5.41) is 13.7. The normalized spacial score (nSPS) is 12.0. The molecule has 1 aromatic heterocycles. The fourth-order valence-corrected chi connectivity index (χ4v) is 5.30. The molecule has 1 heterocycles. The molecule has 0 amide bonds. The summed E-state index contributed by atoms with van der Waals surface area (Å²) in [6.45, 7) is 1.61. The van der Waals surface area contributed by atoms with Crippen molar-refractivity contribution < 1.29 is 40.6 Å². The molecular weight excluding hydrogens is 619 g/mol. The number of hydrogen-bond acceptors (Lipinski definition) is 3. The number of aromatic carboxylic acids is 1. The first-order chi connectivity index (χ1) is 21.7. The summed E-state index contributed by atoms with van der Waals surface area (Å²) in [5.74, 6) is -2.27. The summed E-state index contributed by atoms with van der Waals surface area (Å²) in [6, 6.07) is 17.4. The van der Waals surface area contributed by atoms with Gasteiger partial charge in [-0.05, 0) is 84.5 Å². The molecule has 0 aliphatic carbocycles. The van der Waals surface area contributed by atoms with Gasteiger partial charge in [-0.25, -0.2) is 18.5 Å². The topological polar surface area (TPSA) is 77.1 Å². The molecule has 5 aromatic rings. The number of hydrogen-bond donors (Lipinski definition) is 1. The zero-order chi connectivity index (χ0) is 33.4. The van der Waals surface area contributed by atoms with Gasteiger partial charge in [0.25, 0.3) is 0 Å². The van der Waals surface area contributed by atoms with E-state index in [1.165, 1.54) is 36.4 Å². The van der Waals surface area contributed by atoms with Crippen molar-refractivity contribution in [2.45, 2.75) is 38.5 Å². The molecule has 6 nitrogen and oxygen atoms in total. The zero-order valence-electron chi connectivity index (χ0n) is 24.0. The molecule has 46 heavy (non-hydrogen) atoms. The van der Waals surface area contributed by atoms with Gasteiger partial charge in [0.15, 0.2) is 0 Å². The summed E-state index contributed by atoms with van der Waals surface area (Å²) in [4.78, 5) is 24.9. The highest BCUT2D eigenvalue weighted by molar-refractivity contribution is 5.93. The van der Waals surface area contributed by atoms with Crippen LogP contribution in [0.15, 0.2) is 89.7 Å². The molecular formula is C33H24F7N3O3. The Morgan fingerprint density at radius 2 is 1.52 bits per heavy atom. The van der Waals surface area contributed by atoms with Gasteiger partial charge in [0.1, 0.15) is 11.6 Å². The van der Waals surface area contributed by atoms with E-state index in [0.717, 1.165) is 51.2 Å². The molecule has 0 radical (unpaired) electrons. The second kappa shape index (κ2) is 12.3. The van der Waals surface area contributed by atoms with E-state index in [1.807, 2.05) is 0 Å². The minimum atomic E-state index is -4.91. The third-order valence-corrected chi connectivity index (χ3v) is 7.40.